The number of hydrogen-bond donors (Lipinski definition) is 0. The number of benzene rings is 1. The van der Waals surface area contributed by atoms with Crippen molar-refractivity contribution in [3.05, 3.63) is 47.3 Å². The third-order valence-corrected chi connectivity index (χ3v) is 4.94. The van der Waals surface area contributed by atoms with Crippen LogP contribution in [0.1, 0.15) is 35.1 Å². The zero-order valence-corrected chi connectivity index (χ0v) is 15.9. The molecule has 1 saturated heterocycles. The molecular weight excluding hydrogens is 344 g/mol. The lowest BCUT2D eigenvalue weighted by Crippen LogP contribution is -2.40. The van der Waals surface area contributed by atoms with Crippen LogP contribution in [0, 0.1) is 13.8 Å². The van der Waals surface area contributed by atoms with Crippen LogP contribution in [0.5, 0.6) is 0 Å². The fourth-order valence-corrected chi connectivity index (χ4v) is 3.48. The number of nitrogens with zero attached hydrogens (tertiary/aromatic N) is 4. The van der Waals surface area contributed by atoms with Gasteiger partial charge in [-0.05, 0) is 32.4 Å². The first-order chi connectivity index (χ1) is 12.9. The van der Waals surface area contributed by atoms with Gasteiger partial charge in [-0.25, -0.2) is 4.68 Å². The van der Waals surface area contributed by atoms with E-state index >= 15 is 0 Å². The Morgan fingerprint density at radius 3 is 2.22 bits per heavy atom. The molecule has 0 aliphatic carbocycles. The molecule has 1 aromatic heterocycles. The van der Waals surface area contributed by atoms with E-state index in [1.165, 1.54) is 6.92 Å². The zero-order valence-electron chi connectivity index (χ0n) is 15.9. The molecule has 7 nitrogen and oxygen atoms in total. The monoisotopic (exact) mass is 368 g/mol. The number of Topliss-reactive ketones (excluding diaryl/α,β-unsaturated/α-hetero) is 1. The van der Waals surface area contributed by atoms with Crippen LogP contribution >= 0.6 is 0 Å². The highest BCUT2D eigenvalue weighted by atomic mass is 16.2. The van der Waals surface area contributed by atoms with E-state index in [4.69, 9.17) is 0 Å². The molecule has 1 aliphatic rings. The van der Waals surface area contributed by atoms with Crippen molar-refractivity contribution >= 4 is 17.6 Å². The third kappa shape index (κ3) is 3.77. The molecular formula is C20H24N4O3. The van der Waals surface area contributed by atoms with Gasteiger partial charge in [0.05, 0.1) is 22.6 Å². The van der Waals surface area contributed by atoms with Crippen molar-refractivity contribution in [2.24, 2.45) is 0 Å². The van der Waals surface area contributed by atoms with Gasteiger partial charge >= 0.3 is 0 Å². The minimum Gasteiger partial charge on any atom is -0.341 e. The Kier molecular flexibility index (Phi) is 5.39. The highest BCUT2D eigenvalue weighted by Crippen LogP contribution is 2.19. The molecule has 0 radical (unpaired) electrons. The maximum Gasteiger partial charge on any atom is 0.295 e. The normalized spacial score (nSPS) is 14.8. The quantitative estimate of drug-likeness (QED) is 0.611. The van der Waals surface area contributed by atoms with Gasteiger partial charge in [0.1, 0.15) is 0 Å². The molecule has 142 valence electrons. The van der Waals surface area contributed by atoms with Gasteiger partial charge in [-0.15, -0.1) is 0 Å². The number of carbonyl (C=O) groups is 3. The second-order valence-electron chi connectivity index (χ2n) is 6.77. The van der Waals surface area contributed by atoms with Gasteiger partial charge in [0.2, 0.25) is 5.91 Å². The minimum atomic E-state index is -0.538. The van der Waals surface area contributed by atoms with Crippen molar-refractivity contribution < 1.29 is 14.4 Å². The summed E-state index contributed by atoms with van der Waals surface area (Å²) in [6.07, 6.45) is 0.667. The molecule has 0 bridgehead atoms. The van der Waals surface area contributed by atoms with E-state index in [0.717, 1.165) is 5.69 Å². The summed E-state index contributed by atoms with van der Waals surface area (Å²) in [6, 6.07) is 9.52. The van der Waals surface area contributed by atoms with Crippen LogP contribution < -0.4 is 0 Å². The number of aromatic nitrogens is 2. The number of carbonyl (C=O) groups excluding carboxylic acids is 3. The number of aryl methyl sites for hydroxylation is 1. The van der Waals surface area contributed by atoms with E-state index in [-0.39, 0.29) is 5.91 Å². The second kappa shape index (κ2) is 7.73. The lowest BCUT2D eigenvalue weighted by molar-refractivity contribution is -0.130. The van der Waals surface area contributed by atoms with Crippen LogP contribution in [0.3, 0.4) is 0 Å². The number of hydrogen-bond acceptors (Lipinski definition) is 4. The van der Waals surface area contributed by atoms with E-state index in [1.54, 1.807) is 28.3 Å². The van der Waals surface area contributed by atoms with Gasteiger partial charge in [-0.1, -0.05) is 18.2 Å². The van der Waals surface area contributed by atoms with Gasteiger partial charge in [-0.2, -0.15) is 5.10 Å². The minimum absolute atomic E-state index is 0.00791. The average Bonchev–Trinajstić information content (AvgIpc) is 2.83. The van der Waals surface area contributed by atoms with Crippen LogP contribution in [0.15, 0.2) is 30.3 Å². The van der Waals surface area contributed by atoms with Crippen molar-refractivity contribution in [3.63, 3.8) is 0 Å². The Bertz CT molecular complexity index is 873. The number of ketones is 1. The predicted octanol–water partition coefficient (Wildman–Crippen LogP) is 1.75. The van der Waals surface area contributed by atoms with Gasteiger partial charge in [-0.3, -0.25) is 14.4 Å². The van der Waals surface area contributed by atoms with Crippen molar-refractivity contribution in [2.45, 2.75) is 27.2 Å². The largest absolute Gasteiger partial charge is 0.341 e. The average molecular weight is 368 g/mol. The Morgan fingerprint density at radius 2 is 1.56 bits per heavy atom. The first-order valence-corrected chi connectivity index (χ1v) is 9.11. The molecule has 27 heavy (non-hydrogen) atoms. The number of para-hydroxylation sites is 1. The molecule has 1 aromatic carbocycles. The Balaban J connectivity index is 1.83. The molecule has 3 rings (SSSR count). The molecule has 1 aliphatic heterocycles. The maximum atomic E-state index is 12.9. The predicted molar refractivity (Wildman–Crippen MR) is 101 cm³/mol. The highest BCUT2D eigenvalue weighted by molar-refractivity contribution is 6.43. The van der Waals surface area contributed by atoms with Crippen LogP contribution in [0.2, 0.25) is 0 Å². The van der Waals surface area contributed by atoms with Crippen LogP contribution in [-0.4, -0.2) is 63.4 Å². The molecule has 2 amide bonds. The lowest BCUT2D eigenvalue weighted by atomic mass is 10.1. The molecule has 0 spiro atoms. The first-order valence-electron chi connectivity index (χ1n) is 9.11. The molecule has 0 atom stereocenters. The Hall–Kier alpha value is -2.96. The van der Waals surface area contributed by atoms with Gasteiger partial charge < -0.3 is 9.80 Å². The van der Waals surface area contributed by atoms with E-state index in [1.807, 2.05) is 30.3 Å². The topological polar surface area (TPSA) is 75.5 Å². The van der Waals surface area contributed by atoms with Crippen molar-refractivity contribution in [1.82, 2.24) is 19.6 Å². The van der Waals surface area contributed by atoms with Gasteiger partial charge in [0.15, 0.2) is 0 Å². The van der Waals surface area contributed by atoms with Gasteiger partial charge in [0, 0.05) is 33.1 Å². The summed E-state index contributed by atoms with van der Waals surface area (Å²) in [5, 5.41) is 4.46. The Labute approximate surface area is 158 Å². The molecule has 0 saturated carbocycles. The summed E-state index contributed by atoms with van der Waals surface area (Å²) in [5.74, 6) is -1.07. The summed E-state index contributed by atoms with van der Waals surface area (Å²) < 4.78 is 1.69. The van der Waals surface area contributed by atoms with Crippen molar-refractivity contribution in [2.75, 3.05) is 26.2 Å². The first kappa shape index (κ1) is 18.8. The Morgan fingerprint density at radius 1 is 0.926 bits per heavy atom. The standard InChI is InChI=1S/C20H24N4O3/c1-14-18(15(2)24(21-14)17-8-5-4-6-9-17)19(26)20(27)23-11-7-10-22(12-13-23)16(3)25/h4-6,8-9H,7,10-13H2,1-3H3. The van der Waals surface area contributed by atoms with E-state index in [9.17, 15) is 14.4 Å². The highest BCUT2D eigenvalue weighted by Gasteiger charge is 2.30. The summed E-state index contributed by atoms with van der Waals surface area (Å²) in [4.78, 5) is 40.6. The van der Waals surface area contributed by atoms with Crippen LogP contribution in [-0.2, 0) is 9.59 Å². The number of amides is 2. The molecule has 2 aromatic rings. The number of rotatable bonds is 3. The summed E-state index contributed by atoms with van der Waals surface area (Å²) >= 11 is 0. The molecule has 0 unspecified atom stereocenters. The summed E-state index contributed by atoms with van der Waals surface area (Å²) in [5.41, 5.74) is 2.39. The third-order valence-electron chi connectivity index (χ3n) is 4.94. The van der Waals surface area contributed by atoms with Crippen molar-refractivity contribution in [1.29, 1.82) is 0 Å². The summed E-state index contributed by atoms with van der Waals surface area (Å²) in [7, 11) is 0. The lowest BCUT2D eigenvalue weighted by Gasteiger charge is -2.20. The molecule has 7 heteroatoms. The maximum absolute atomic E-state index is 12.9. The van der Waals surface area contributed by atoms with E-state index in [0.29, 0.717) is 49.6 Å². The summed E-state index contributed by atoms with van der Waals surface area (Å²) in [6.45, 7) is 6.97. The zero-order chi connectivity index (χ0) is 19.6. The van der Waals surface area contributed by atoms with E-state index in [2.05, 4.69) is 5.10 Å². The second-order valence-corrected chi connectivity index (χ2v) is 6.77. The molecule has 1 fully saturated rings. The SMILES string of the molecule is CC(=O)N1CCCN(C(=O)C(=O)c2c(C)nn(-c3ccccc3)c2C)CC1. The van der Waals surface area contributed by atoms with Crippen molar-refractivity contribution in [3.8, 4) is 5.69 Å². The van der Waals surface area contributed by atoms with Gasteiger partial charge in [0.25, 0.3) is 11.7 Å². The molecule has 0 N–H and O–H groups in total. The molecule has 2 heterocycles. The smallest absolute Gasteiger partial charge is 0.295 e. The van der Waals surface area contributed by atoms with Crippen LogP contribution in [0.4, 0.5) is 0 Å². The fraction of sp³-hybridized carbons (Fsp3) is 0.400. The fourth-order valence-electron chi connectivity index (χ4n) is 3.48. The van der Waals surface area contributed by atoms with Crippen LogP contribution in [0.25, 0.3) is 5.69 Å². The van der Waals surface area contributed by atoms with E-state index < -0.39 is 11.7 Å².